The summed E-state index contributed by atoms with van der Waals surface area (Å²) in [6.45, 7) is 5.95. The maximum atomic E-state index is 4.42. The quantitative estimate of drug-likeness (QED) is 0.542. The Bertz CT molecular complexity index is 923. The maximum absolute atomic E-state index is 4.42. The molecule has 0 radical (unpaired) electrons. The highest BCUT2D eigenvalue weighted by Gasteiger charge is 2.21. The fraction of sp³-hybridized carbons (Fsp3) is 0.440. The SMILES string of the molecule is c1ccc(-c2nnc(-c3ccc(N4CCN(CC5CCCCC5)CC4)cc3)s2)cc1. The highest BCUT2D eigenvalue weighted by atomic mass is 32.1. The van der Waals surface area contributed by atoms with Gasteiger partial charge in [0.2, 0.25) is 0 Å². The molecule has 0 unspecified atom stereocenters. The summed E-state index contributed by atoms with van der Waals surface area (Å²) in [5.74, 6) is 0.942. The van der Waals surface area contributed by atoms with Crippen molar-refractivity contribution in [3.05, 3.63) is 54.6 Å². The van der Waals surface area contributed by atoms with Gasteiger partial charge in [0.1, 0.15) is 10.0 Å². The number of piperazine rings is 1. The highest BCUT2D eigenvalue weighted by molar-refractivity contribution is 7.17. The van der Waals surface area contributed by atoms with E-state index in [1.54, 1.807) is 11.3 Å². The van der Waals surface area contributed by atoms with Crippen molar-refractivity contribution >= 4 is 17.0 Å². The summed E-state index contributed by atoms with van der Waals surface area (Å²) < 4.78 is 0. The summed E-state index contributed by atoms with van der Waals surface area (Å²) in [7, 11) is 0. The summed E-state index contributed by atoms with van der Waals surface area (Å²) >= 11 is 1.65. The molecule has 4 nitrogen and oxygen atoms in total. The monoisotopic (exact) mass is 418 g/mol. The molecule has 2 aromatic carbocycles. The van der Waals surface area contributed by atoms with Crippen LogP contribution in [0.25, 0.3) is 21.1 Å². The van der Waals surface area contributed by atoms with E-state index in [4.69, 9.17) is 0 Å². The van der Waals surface area contributed by atoms with Crippen molar-refractivity contribution in [2.45, 2.75) is 32.1 Å². The fourth-order valence-corrected chi connectivity index (χ4v) is 5.63. The minimum atomic E-state index is 0.942. The second-order valence-electron chi connectivity index (χ2n) is 8.62. The molecular formula is C25H30N4S. The average molecular weight is 419 g/mol. The predicted octanol–water partition coefficient (Wildman–Crippen LogP) is 5.57. The van der Waals surface area contributed by atoms with Gasteiger partial charge in [-0.2, -0.15) is 0 Å². The molecule has 0 atom stereocenters. The Hall–Kier alpha value is -2.24. The van der Waals surface area contributed by atoms with Crippen LogP contribution in [0.15, 0.2) is 54.6 Å². The van der Waals surface area contributed by atoms with Crippen LogP contribution in [0.2, 0.25) is 0 Å². The Morgan fingerprint density at radius 3 is 2.03 bits per heavy atom. The zero-order chi connectivity index (χ0) is 20.2. The average Bonchev–Trinajstić information content (AvgIpc) is 3.32. The summed E-state index contributed by atoms with van der Waals surface area (Å²) in [5.41, 5.74) is 3.60. The molecule has 1 saturated carbocycles. The highest BCUT2D eigenvalue weighted by Crippen LogP contribution is 2.31. The number of anilines is 1. The number of aromatic nitrogens is 2. The normalized spacial score (nSPS) is 18.6. The van der Waals surface area contributed by atoms with Crippen LogP contribution in [0, 0.1) is 5.92 Å². The molecule has 2 fully saturated rings. The Labute approximate surface area is 183 Å². The van der Waals surface area contributed by atoms with Crippen LogP contribution in [-0.2, 0) is 0 Å². The minimum Gasteiger partial charge on any atom is -0.369 e. The first kappa shape index (κ1) is 19.7. The third kappa shape index (κ3) is 4.57. The minimum absolute atomic E-state index is 0.942. The fourth-order valence-electron chi connectivity index (χ4n) is 4.78. The van der Waals surface area contributed by atoms with Gasteiger partial charge in [-0.15, -0.1) is 10.2 Å². The van der Waals surface area contributed by atoms with Crippen molar-refractivity contribution < 1.29 is 0 Å². The van der Waals surface area contributed by atoms with Crippen molar-refractivity contribution in [2.75, 3.05) is 37.6 Å². The van der Waals surface area contributed by atoms with E-state index in [0.717, 1.165) is 40.1 Å². The maximum Gasteiger partial charge on any atom is 0.148 e. The number of rotatable bonds is 5. The van der Waals surface area contributed by atoms with Crippen molar-refractivity contribution in [1.29, 1.82) is 0 Å². The lowest BCUT2D eigenvalue weighted by Gasteiger charge is -2.38. The Morgan fingerprint density at radius 1 is 0.733 bits per heavy atom. The molecule has 2 aliphatic rings. The molecule has 1 saturated heterocycles. The van der Waals surface area contributed by atoms with E-state index in [2.05, 4.69) is 56.4 Å². The first-order chi connectivity index (χ1) is 14.8. The van der Waals surface area contributed by atoms with E-state index in [1.165, 1.54) is 57.4 Å². The van der Waals surface area contributed by atoms with Crippen LogP contribution >= 0.6 is 11.3 Å². The molecule has 0 bridgehead atoms. The molecule has 2 heterocycles. The van der Waals surface area contributed by atoms with E-state index < -0.39 is 0 Å². The van der Waals surface area contributed by atoms with Gasteiger partial charge < -0.3 is 4.90 Å². The molecule has 5 rings (SSSR count). The van der Waals surface area contributed by atoms with Gasteiger partial charge in [0, 0.05) is 49.5 Å². The molecule has 0 N–H and O–H groups in total. The molecule has 30 heavy (non-hydrogen) atoms. The number of hydrogen-bond donors (Lipinski definition) is 0. The second-order valence-corrected chi connectivity index (χ2v) is 9.59. The molecule has 1 aliphatic heterocycles. The molecule has 1 aromatic heterocycles. The van der Waals surface area contributed by atoms with Crippen LogP contribution in [0.3, 0.4) is 0 Å². The Morgan fingerprint density at radius 2 is 1.37 bits per heavy atom. The number of hydrogen-bond acceptors (Lipinski definition) is 5. The lowest BCUT2D eigenvalue weighted by Crippen LogP contribution is -2.48. The van der Waals surface area contributed by atoms with Gasteiger partial charge in [-0.25, -0.2) is 0 Å². The van der Waals surface area contributed by atoms with Gasteiger partial charge in [0.05, 0.1) is 0 Å². The third-order valence-corrected chi connectivity index (χ3v) is 7.56. The van der Waals surface area contributed by atoms with Crippen LogP contribution < -0.4 is 4.90 Å². The smallest absolute Gasteiger partial charge is 0.148 e. The first-order valence-corrected chi connectivity index (χ1v) is 12.1. The van der Waals surface area contributed by atoms with E-state index in [-0.39, 0.29) is 0 Å². The second kappa shape index (κ2) is 9.27. The van der Waals surface area contributed by atoms with Crippen molar-refractivity contribution in [3.63, 3.8) is 0 Å². The molecule has 0 amide bonds. The van der Waals surface area contributed by atoms with Crippen LogP contribution in [0.1, 0.15) is 32.1 Å². The van der Waals surface area contributed by atoms with Crippen molar-refractivity contribution in [1.82, 2.24) is 15.1 Å². The van der Waals surface area contributed by atoms with Gasteiger partial charge in [-0.1, -0.05) is 60.9 Å². The molecule has 3 aromatic rings. The molecule has 1 aliphatic carbocycles. The number of nitrogens with zero attached hydrogens (tertiary/aromatic N) is 4. The van der Waals surface area contributed by atoms with E-state index >= 15 is 0 Å². The van der Waals surface area contributed by atoms with E-state index in [1.807, 2.05) is 18.2 Å². The van der Waals surface area contributed by atoms with Crippen LogP contribution in [0.4, 0.5) is 5.69 Å². The van der Waals surface area contributed by atoms with Crippen molar-refractivity contribution in [3.8, 4) is 21.1 Å². The molecular weight excluding hydrogens is 388 g/mol. The zero-order valence-corrected chi connectivity index (χ0v) is 18.4. The van der Waals surface area contributed by atoms with Gasteiger partial charge in [0.25, 0.3) is 0 Å². The van der Waals surface area contributed by atoms with Crippen LogP contribution in [0.5, 0.6) is 0 Å². The first-order valence-electron chi connectivity index (χ1n) is 11.3. The lowest BCUT2D eigenvalue weighted by atomic mass is 9.89. The van der Waals surface area contributed by atoms with E-state index in [0.29, 0.717) is 0 Å². The Kier molecular flexibility index (Phi) is 6.09. The molecule has 0 spiro atoms. The third-order valence-electron chi connectivity index (χ3n) is 6.54. The summed E-state index contributed by atoms with van der Waals surface area (Å²) in [6, 6.07) is 19.2. The predicted molar refractivity (Wildman–Crippen MR) is 126 cm³/mol. The topological polar surface area (TPSA) is 32.3 Å². The summed E-state index contributed by atoms with van der Waals surface area (Å²) in [6.07, 6.45) is 7.22. The largest absolute Gasteiger partial charge is 0.369 e. The van der Waals surface area contributed by atoms with Gasteiger partial charge in [0.15, 0.2) is 0 Å². The Balaban J connectivity index is 1.18. The lowest BCUT2D eigenvalue weighted by molar-refractivity contribution is 0.192. The molecule has 156 valence electrons. The summed E-state index contributed by atoms with van der Waals surface area (Å²) in [5, 5.41) is 10.8. The van der Waals surface area contributed by atoms with E-state index in [9.17, 15) is 0 Å². The van der Waals surface area contributed by atoms with Gasteiger partial charge in [-0.3, -0.25) is 4.90 Å². The van der Waals surface area contributed by atoms with Crippen LogP contribution in [-0.4, -0.2) is 47.8 Å². The zero-order valence-electron chi connectivity index (χ0n) is 17.5. The van der Waals surface area contributed by atoms with Gasteiger partial charge >= 0.3 is 0 Å². The van der Waals surface area contributed by atoms with Crippen molar-refractivity contribution in [2.24, 2.45) is 5.92 Å². The number of benzene rings is 2. The van der Waals surface area contributed by atoms with Gasteiger partial charge in [-0.05, 0) is 43.0 Å². The molecule has 5 heteroatoms. The standard InChI is InChI=1S/C25H30N4S/c1-3-7-20(8-4-1)19-28-15-17-29(18-16-28)23-13-11-22(12-14-23)25-27-26-24(30-25)21-9-5-2-6-10-21/h2,5-6,9-14,20H,1,3-4,7-8,15-19H2. The summed E-state index contributed by atoms with van der Waals surface area (Å²) in [4.78, 5) is 5.21.